The molecule has 0 aromatic heterocycles. The molecule has 2 heterocycles. The van der Waals surface area contributed by atoms with Gasteiger partial charge >= 0.3 is 0 Å². The molecule has 1 amide bonds. The quantitative estimate of drug-likeness (QED) is 0.721. The van der Waals surface area contributed by atoms with Crippen LogP contribution in [-0.4, -0.2) is 54.0 Å². The fraction of sp³-hybridized carbons (Fsp3) is 0.519. The molecule has 4 nitrogen and oxygen atoms in total. The lowest BCUT2D eigenvalue weighted by Crippen LogP contribution is -2.46. The lowest BCUT2D eigenvalue weighted by Gasteiger charge is -2.39. The number of carbonyl (C=O) groups excluding carboxylic acids is 1. The molecule has 2 aromatic rings. The van der Waals surface area contributed by atoms with Crippen molar-refractivity contribution in [2.75, 3.05) is 26.2 Å². The molecular weight excluding hydrogens is 384 g/mol. The zero-order valence-electron chi connectivity index (χ0n) is 18.5. The van der Waals surface area contributed by atoms with Gasteiger partial charge in [0.2, 0.25) is 0 Å². The molecule has 0 N–H and O–H groups in total. The number of aryl methyl sites for hydroxylation is 1. The maximum Gasteiger partial charge on any atom is 0.253 e. The largest absolute Gasteiger partial charge is 0.490 e. The van der Waals surface area contributed by atoms with Crippen molar-refractivity contribution in [2.45, 2.75) is 63.5 Å². The number of carbonyl (C=O) groups is 1. The van der Waals surface area contributed by atoms with Crippen LogP contribution in [-0.2, 0) is 12.8 Å². The average Bonchev–Trinajstić information content (AvgIpc) is 2.85. The van der Waals surface area contributed by atoms with E-state index >= 15 is 0 Å². The molecule has 5 rings (SSSR count). The highest BCUT2D eigenvalue weighted by atomic mass is 16.5. The van der Waals surface area contributed by atoms with E-state index in [2.05, 4.69) is 29.2 Å². The first-order valence-electron chi connectivity index (χ1n) is 12.1. The molecule has 0 radical (unpaired) electrons. The predicted octanol–water partition coefficient (Wildman–Crippen LogP) is 4.71. The third-order valence-electron chi connectivity index (χ3n) is 7.36. The molecule has 4 heteroatoms. The van der Waals surface area contributed by atoms with Gasteiger partial charge in [-0.1, -0.05) is 24.3 Å². The van der Waals surface area contributed by atoms with Crippen molar-refractivity contribution in [3.8, 4) is 5.75 Å². The first-order valence-corrected chi connectivity index (χ1v) is 12.1. The monoisotopic (exact) mass is 418 g/mol. The van der Waals surface area contributed by atoms with Crippen LogP contribution in [0.5, 0.6) is 5.75 Å². The number of fused-ring (bicyclic) bond motifs is 1. The topological polar surface area (TPSA) is 32.8 Å². The average molecular weight is 419 g/mol. The Morgan fingerprint density at radius 2 is 1.52 bits per heavy atom. The summed E-state index contributed by atoms with van der Waals surface area (Å²) in [6.45, 7) is 4.01. The van der Waals surface area contributed by atoms with Crippen LogP contribution in [0.2, 0.25) is 0 Å². The Labute approximate surface area is 186 Å². The minimum Gasteiger partial charge on any atom is -0.490 e. The summed E-state index contributed by atoms with van der Waals surface area (Å²) in [5.74, 6) is 1.05. The molecule has 0 saturated carbocycles. The second kappa shape index (κ2) is 9.44. The Kier molecular flexibility index (Phi) is 6.26. The molecular formula is C27H34N2O2. The Hall–Kier alpha value is -2.33. The van der Waals surface area contributed by atoms with E-state index in [4.69, 9.17) is 4.74 Å². The van der Waals surface area contributed by atoms with Crippen molar-refractivity contribution in [1.82, 2.24) is 9.80 Å². The molecule has 164 valence electrons. The van der Waals surface area contributed by atoms with Crippen LogP contribution in [0.1, 0.15) is 60.0 Å². The fourth-order valence-corrected chi connectivity index (χ4v) is 5.50. The number of likely N-dealkylation sites (tertiary alicyclic amines) is 2. The number of rotatable bonds is 4. The van der Waals surface area contributed by atoms with Gasteiger partial charge in [0.05, 0.1) is 0 Å². The minimum absolute atomic E-state index is 0.161. The smallest absolute Gasteiger partial charge is 0.253 e. The van der Waals surface area contributed by atoms with Gasteiger partial charge in [0, 0.05) is 37.8 Å². The van der Waals surface area contributed by atoms with Gasteiger partial charge in [-0.3, -0.25) is 9.69 Å². The van der Waals surface area contributed by atoms with Crippen LogP contribution < -0.4 is 4.74 Å². The molecule has 0 bridgehead atoms. The Morgan fingerprint density at radius 1 is 0.806 bits per heavy atom. The molecule has 3 aliphatic rings. The molecule has 2 aromatic carbocycles. The van der Waals surface area contributed by atoms with Crippen molar-refractivity contribution in [1.29, 1.82) is 0 Å². The summed E-state index contributed by atoms with van der Waals surface area (Å²) < 4.78 is 6.28. The van der Waals surface area contributed by atoms with Gasteiger partial charge in [-0.25, -0.2) is 0 Å². The summed E-state index contributed by atoms with van der Waals surface area (Å²) in [4.78, 5) is 17.3. The lowest BCUT2D eigenvalue weighted by atomic mass is 9.86. The molecule has 0 spiro atoms. The first-order chi connectivity index (χ1) is 15.3. The normalized spacial score (nSPS) is 22.7. The van der Waals surface area contributed by atoms with Crippen LogP contribution in [0.25, 0.3) is 0 Å². The Morgan fingerprint density at radius 3 is 2.26 bits per heavy atom. The first kappa shape index (κ1) is 20.6. The molecule has 2 aliphatic heterocycles. The van der Waals surface area contributed by atoms with E-state index in [0.29, 0.717) is 6.04 Å². The maximum atomic E-state index is 12.6. The number of amides is 1. The summed E-state index contributed by atoms with van der Waals surface area (Å²) >= 11 is 0. The van der Waals surface area contributed by atoms with Gasteiger partial charge < -0.3 is 9.64 Å². The zero-order valence-corrected chi connectivity index (χ0v) is 18.5. The van der Waals surface area contributed by atoms with Gasteiger partial charge in [0.25, 0.3) is 5.91 Å². The Balaban J connectivity index is 1.11. The SMILES string of the molecule is O=C(c1ccc(OC2CCN([C@@H]3CCc4ccccc4C3)CC2)cc1)N1CCCCC1. The molecule has 31 heavy (non-hydrogen) atoms. The van der Waals surface area contributed by atoms with E-state index in [0.717, 1.165) is 63.2 Å². The molecule has 1 aliphatic carbocycles. The molecule has 0 unspecified atom stereocenters. The van der Waals surface area contributed by atoms with Crippen LogP contribution in [0.15, 0.2) is 48.5 Å². The van der Waals surface area contributed by atoms with Crippen molar-refractivity contribution >= 4 is 5.91 Å². The van der Waals surface area contributed by atoms with E-state index in [9.17, 15) is 4.79 Å². The van der Waals surface area contributed by atoms with Crippen molar-refractivity contribution in [3.63, 3.8) is 0 Å². The summed E-state index contributed by atoms with van der Waals surface area (Å²) in [6.07, 6.45) is 9.58. The number of ether oxygens (including phenoxy) is 1. The van der Waals surface area contributed by atoms with Gasteiger partial charge in [-0.05, 0) is 86.8 Å². The number of hydrogen-bond acceptors (Lipinski definition) is 3. The van der Waals surface area contributed by atoms with E-state index in [-0.39, 0.29) is 12.0 Å². The number of hydrogen-bond donors (Lipinski definition) is 0. The molecule has 2 fully saturated rings. The van der Waals surface area contributed by atoms with Gasteiger partial charge in [-0.15, -0.1) is 0 Å². The van der Waals surface area contributed by atoms with E-state index in [1.807, 2.05) is 29.2 Å². The molecule has 2 saturated heterocycles. The van der Waals surface area contributed by atoms with Crippen molar-refractivity contribution < 1.29 is 9.53 Å². The summed E-state index contributed by atoms with van der Waals surface area (Å²) in [5.41, 5.74) is 3.86. The highest BCUT2D eigenvalue weighted by molar-refractivity contribution is 5.94. The van der Waals surface area contributed by atoms with Crippen molar-refractivity contribution in [2.24, 2.45) is 0 Å². The van der Waals surface area contributed by atoms with Crippen LogP contribution in [0, 0.1) is 0 Å². The summed E-state index contributed by atoms with van der Waals surface area (Å²) in [5, 5.41) is 0. The standard InChI is InChI=1S/C27H34N2O2/c30-27(29-16-4-1-5-17-29)22-9-12-25(13-10-22)31-26-14-18-28(19-15-26)24-11-8-21-6-2-3-7-23(21)20-24/h2-3,6-7,9-10,12-13,24,26H,1,4-5,8,11,14-20H2/t24-/m1/s1. The number of benzene rings is 2. The third kappa shape index (κ3) is 4.79. The van der Waals surface area contributed by atoms with Gasteiger partial charge in [0.1, 0.15) is 11.9 Å². The second-order valence-electron chi connectivity index (χ2n) is 9.40. The maximum absolute atomic E-state index is 12.6. The van der Waals surface area contributed by atoms with E-state index in [1.54, 1.807) is 5.56 Å². The van der Waals surface area contributed by atoms with Crippen LogP contribution in [0.4, 0.5) is 0 Å². The van der Waals surface area contributed by atoms with Crippen LogP contribution >= 0.6 is 0 Å². The number of piperidine rings is 2. The highest BCUT2D eigenvalue weighted by Gasteiger charge is 2.28. The van der Waals surface area contributed by atoms with Gasteiger partial charge in [-0.2, -0.15) is 0 Å². The second-order valence-corrected chi connectivity index (χ2v) is 9.40. The fourth-order valence-electron chi connectivity index (χ4n) is 5.50. The lowest BCUT2D eigenvalue weighted by molar-refractivity contribution is 0.0706. The highest BCUT2D eigenvalue weighted by Crippen LogP contribution is 2.28. The Bertz CT molecular complexity index is 880. The summed E-state index contributed by atoms with van der Waals surface area (Å²) in [7, 11) is 0. The molecule has 1 atom stereocenters. The number of nitrogens with zero attached hydrogens (tertiary/aromatic N) is 2. The van der Waals surface area contributed by atoms with Crippen molar-refractivity contribution in [3.05, 3.63) is 65.2 Å². The summed E-state index contributed by atoms with van der Waals surface area (Å²) in [6, 6.07) is 17.4. The van der Waals surface area contributed by atoms with E-state index in [1.165, 1.54) is 31.2 Å². The predicted molar refractivity (Wildman–Crippen MR) is 124 cm³/mol. The van der Waals surface area contributed by atoms with E-state index < -0.39 is 0 Å². The van der Waals surface area contributed by atoms with Crippen LogP contribution in [0.3, 0.4) is 0 Å². The minimum atomic E-state index is 0.161. The third-order valence-corrected chi connectivity index (χ3v) is 7.36. The zero-order chi connectivity index (χ0) is 21.0. The van der Waals surface area contributed by atoms with Gasteiger partial charge in [0.15, 0.2) is 0 Å².